The summed E-state index contributed by atoms with van der Waals surface area (Å²) in [5.74, 6) is 0. The number of nitroso groups, excluding NO2 is 1. The Bertz CT molecular complexity index is 429. The van der Waals surface area contributed by atoms with E-state index in [1.54, 1.807) is 0 Å². The van der Waals surface area contributed by atoms with Gasteiger partial charge < -0.3 is 5.32 Å². The van der Waals surface area contributed by atoms with Crippen LogP contribution in [0.2, 0.25) is 0 Å². The van der Waals surface area contributed by atoms with Crippen LogP contribution in [0.1, 0.15) is 16.7 Å². The van der Waals surface area contributed by atoms with Gasteiger partial charge in [-0.25, -0.2) is 0 Å². The Balaban J connectivity index is 2.56. The van der Waals surface area contributed by atoms with Gasteiger partial charge in [0.1, 0.15) is 5.69 Å². The number of hydrogen-bond acceptors (Lipinski definition) is 3. The van der Waals surface area contributed by atoms with E-state index in [-0.39, 0.29) is 5.69 Å². The average Bonchev–Trinajstić information content (AvgIpc) is 2.26. The van der Waals surface area contributed by atoms with E-state index in [0.717, 1.165) is 12.1 Å². The molecule has 0 saturated carbocycles. The minimum atomic E-state index is -4.44. The Labute approximate surface area is 89.6 Å². The lowest BCUT2D eigenvalue weighted by Crippen LogP contribution is -2.24. The lowest BCUT2D eigenvalue weighted by Gasteiger charge is -2.19. The molecule has 2 rings (SSSR count). The molecule has 0 spiro atoms. The average molecular weight is 230 g/mol. The second-order valence-corrected chi connectivity index (χ2v) is 3.65. The van der Waals surface area contributed by atoms with E-state index >= 15 is 0 Å². The highest BCUT2D eigenvalue weighted by molar-refractivity contribution is 5.54. The van der Waals surface area contributed by atoms with Gasteiger partial charge in [-0.15, -0.1) is 4.91 Å². The van der Waals surface area contributed by atoms with Crippen LogP contribution in [0.3, 0.4) is 0 Å². The Morgan fingerprint density at radius 2 is 2.06 bits per heavy atom. The number of nitrogens with one attached hydrogen (secondary N) is 1. The quantitative estimate of drug-likeness (QED) is 0.753. The van der Waals surface area contributed by atoms with Gasteiger partial charge in [0.2, 0.25) is 0 Å². The second kappa shape index (κ2) is 3.86. The summed E-state index contributed by atoms with van der Waals surface area (Å²) in [5, 5.41) is 5.64. The van der Waals surface area contributed by atoms with Gasteiger partial charge in [-0.1, -0.05) is 0 Å². The van der Waals surface area contributed by atoms with Crippen molar-refractivity contribution < 1.29 is 13.2 Å². The first-order valence-corrected chi connectivity index (χ1v) is 4.79. The molecule has 1 N–H and O–H groups in total. The normalized spacial score (nSPS) is 15.7. The van der Waals surface area contributed by atoms with Crippen molar-refractivity contribution in [3.8, 4) is 0 Å². The summed E-state index contributed by atoms with van der Waals surface area (Å²) in [6.07, 6.45) is -3.90. The molecule has 1 aliphatic heterocycles. The van der Waals surface area contributed by atoms with Gasteiger partial charge in [0.05, 0.1) is 5.56 Å². The van der Waals surface area contributed by atoms with Gasteiger partial charge >= 0.3 is 6.18 Å². The number of benzene rings is 1. The number of hydrogen-bond donors (Lipinski definition) is 1. The van der Waals surface area contributed by atoms with E-state index in [9.17, 15) is 18.1 Å². The van der Waals surface area contributed by atoms with Crippen LogP contribution < -0.4 is 5.32 Å². The zero-order valence-electron chi connectivity index (χ0n) is 8.27. The van der Waals surface area contributed by atoms with Crippen molar-refractivity contribution in [1.82, 2.24) is 5.32 Å². The highest BCUT2D eigenvalue weighted by Crippen LogP contribution is 2.36. The summed E-state index contributed by atoms with van der Waals surface area (Å²) in [6.45, 7) is 1.00. The summed E-state index contributed by atoms with van der Waals surface area (Å²) in [5.41, 5.74) is 0.230. The molecule has 0 saturated heterocycles. The van der Waals surface area contributed by atoms with Gasteiger partial charge in [-0.2, -0.15) is 13.2 Å². The van der Waals surface area contributed by atoms with Crippen molar-refractivity contribution in [2.75, 3.05) is 6.54 Å². The summed E-state index contributed by atoms with van der Waals surface area (Å²) < 4.78 is 37.5. The van der Waals surface area contributed by atoms with Gasteiger partial charge in [-0.3, -0.25) is 0 Å². The molecule has 0 unspecified atom stereocenters. The predicted octanol–water partition coefficient (Wildman–Crippen LogP) is 2.75. The molecule has 0 radical (unpaired) electrons. The van der Waals surface area contributed by atoms with Crippen LogP contribution in [-0.2, 0) is 19.1 Å². The summed E-state index contributed by atoms with van der Waals surface area (Å²) in [7, 11) is 0. The Morgan fingerprint density at radius 3 is 2.69 bits per heavy atom. The fraction of sp³-hybridized carbons (Fsp3) is 0.400. The van der Waals surface area contributed by atoms with Crippen molar-refractivity contribution in [3.63, 3.8) is 0 Å². The van der Waals surface area contributed by atoms with E-state index in [0.29, 0.717) is 30.6 Å². The standard InChI is InChI=1S/C10H9F3N2O/c11-10(12,13)7-3-6-5-14-2-1-8(6)9(4-7)15-16/h3-4,14H,1-2,5H2. The lowest BCUT2D eigenvalue weighted by atomic mass is 9.96. The molecular formula is C10H9F3N2O. The zero-order chi connectivity index (χ0) is 11.8. The minimum absolute atomic E-state index is 0.0914. The van der Waals surface area contributed by atoms with Crippen LogP contribution >= 0.6 is 0 Å². The van der Waals surface area contributed by atoms with Crippen molar-refractivity contribution in [1.29, 1.82) is 0 Å². The predicted molar refractivity (Wildman–Crippen MR) is 52.3 cm³/mol. The van der Waals surface area contributed by atoms with Gasteiger partial charge in [0, 0.05) is 6.54 Å². The van der Waals surface area contributed by atoms with E-state index in [1.807, 2.05) is 0 Å². The molecule has 6 heteroatoms. The van der Waals surface area contributed by atoms with Gasteiger partial charge in [-0.05, 0) is 41.4 Å². The molecule has 0 fully saturated rings. The van der Waals surface area contributed by atoms with Crippen LogP contribution in [0.5, 0.6) is 0 Å². The Hall–Kier alpha value is -1.43. The van der Waals surface area contributed by atoms with Crippen molar-refractivity contribution in [3.05, 3.63) is 33.7 Å². The van der Waals surface area contributed by atoms with Gasteiger partial charge in [0.15, 0.2) is 0 Å². The molecule has 0 atom stereocenters. The fourth-order valence-corrected chi connectivity index (χ4v) is 1.84. The van der Waals surface area contributed by atoms with Crippen LogP contribution in [0.15, 0.2) is 17.3 Å². The highest BCUT2D eigenvalue weighted by Gasteiger charge is 2.32. The zero-order valence-corrected chi connectivity index (χ0v) is 8.27. The summed E-state index contributed by atoms with van der Waals surface area (Å²) in [4.78, 5) is 10.5. The molecule has 1 aromatic carbocycles. The third-order valence-corrected chi connectivity index (χ3v) is 2.61. The molecule has 1 aromatic rings. The van der Waals surface area contributed by atoms with Crippen molar-refractivity contribution >= 4 is 5.69 Å². The number of fused-ring (bicyclic) bond motifs is 1. The molecule has 0 aliphatic carbocycles. The van der Waals surface area contributed by atoms with E-state index in [4.69, 9.17) is 0 Å². The van der Waals surface area contributed by atoms with Crippen LogP contribution in [0.4, 0.5) is 18.9 Å². The maximum absolute atomic E-state index is 12.5. The molecule has 0 amide bonds. The smallest absolute Gasteiger partial charge is 0.312 e. The Morgan fingerprint density at radius 1 is 1.31 bits per heavy atom. The van der Waals surface area contributed by atoms with Crippen LogP contribution in [0, 0.1) is 4.91 Å². The first-order valence-electron chi connectivity index (χ1n) is 4.79. The molecule has 0 aromatic heterocycles. The maximum atomic E-state index is 12.5. The Kier molecular flexibility index (Phi) is 2.67. The topological polar surface area (TPSA) is 41.5 Å². The van der Waals surface area contributed by atoms with Crippen molar-refractivity contribution in [2.45, 2.75) is 19.1 Å². The monoisotopic (exact) mass is 230 g/mol. The maximum Gasteiger partial charge on any atom is 0.416 e. The number of alkyl halides is 3. The van der Waals surface area contributed by atoms with Crippen molar-refractivity contribution in [2.24, 2.45) is 5.18 Å². The van der Waals surface area contributed by atoms with Gasteiger partial charge in [0.25, 0.3) is 0 Å². The lowest BCUT2D eigenvalue weighted by molar-refractivity contribution is -0.137. The minimum Gasteiger partial charge on any atom is -0.312 e. The third-order valence-electron chi connectivity index (χ3n) is 2.61. The molecule has 3 nitrogen and oxygen atoms in total. The largest absolute Gasteiger partial charge is 0.416 e. The first kappa shape index (κ1) is 11.1. The SMILES string of the molecule is O=Nc1cc(C(F)(F)F)cc2c1CCNC2. The fourth-order valence-electron chi connectivity index (χ4n) is 1.84. The number of rotatable bonds is 1. The molecular weight excluding hydrogens is 221 g/mol. The number of halogens is 3. The van der Waals surface area contributed by atoms with E-state index in [2.05, 4.69) is 10.5 Å². The summed E-state index contributed by atoms with van der Waals surface area (Å²) >= 11 is 0. The summed E-state index contributed by atoms with van der Waals surface area (Å²) in [6, 6.07) is 1.90. The first-order chi connectivity index (χ1) is 7.52. The highest BCUT2D eigenvalue weighted by atomic mass is 19.4. The molecule has 16 heavy (non-hydrogen) atoms. The number of nitrogens with zero attached hydrogens (tertiary/aromatic N) is 1. The molecule has 1 aliphatic rings. The van der Waals surface area contributed by atoms with Crippen LogP contribution in [0.25, 0.3) is 0 Å². The van der Waals surface area contributed by atoms with E-state index < -0.39 is 11.7 Å². The second-order valence-electron chi connectivity index (χ2n) is 3.65. The third kappa shape index (κ3) is 1.92. The molecule has 0 bridgehead atoms. The molecule has 1 heterocycles. The van der Waals surface area contributed by atoms with E-state index in [1.165, 1.54) is 0 Å². The van der Waals surface area contributed by atoms with Crippen LogP contribution in [-0.4, -0.2) is 6.54 Å². The molecule has 86 valence electrons.